The highest BCUT2D eigenvalue weighted by Crippen LogP contribution is 2.51. The molecule has 8 nitrogen and oxygen atoms in total. The fourth-order valence-electron chi connectivity index (χ4n) is 6.29. The maximum Gasteiger partial charge on any atom is 0.417 e. The summed E-state index contributed by atoms with van der Waals surface area (Å²) in [6.45, 7) is 9.53. The highest BCUT2D eigenvalue weighted by atomic mass is 35.5. The molecule has 1 aromatic carbocycles. The van der Waals surface area contributed by atoms with Crippen molar-refractivity contribution in [3.63, 3.8) is 0 Å². The number of ether oxygens (including phenoxy) is 4. The number of halogens is 4. The third kappa shape index (κ3) is 7.15. The number of aryl methyl sites for hydroxylation is 1. The topological polar surface area (TPSA) is 87.2 Å². The van der Waals surface area contributed by atoms with Crippen LogP contribution in [0.4, 0.5) is 13.2 Å². The first kappa shape index (κ1) is 34.0. The number of hydrogen-bond donors (Lipinski definition) is 0. The van der Waals surface area contributed by atoms with Crippen LogP contribution in [0.5, 0.6) is 5.88 Å². The van der Waals surface area contributed by atoms with E-state index in [1.807, 2.05) is 33.8 Å². The number of aromatic nitrogens is 1. The fraction of sp³-hybridized carbons (Fsp3) is 0.594. The summed E-state index contributed by atoms with van der Waals surface area (Å²) in [5.74, 6) is -1.62. The van der Waals surface area contributed by atoms with Crippen LogP contribution in [0.3, 0.4) is 0 Å². The first-order valence-corrected chi connectivity index (χ1v) is 15.1. The van der Waals surface area contributed by atoms with Crippen molar-refractivity contribution >= 4 is 23.5 Å². The molecule has 5 atom stereocenters. The lowest BCUT2D eigenvalue weighted by Gasteiger charge is -2.36. The molecule has 242 valence electrons. The van der Waals surface area contributed by atoms with Crippen LogP contribution in [0, 0.1) is 18.3 Å². The molecule has 0 spiro atoms. The zero-order valence-electron chi connectivity index (χ0n) is 25.9. The summed E-state index contributed by atoms with van der Waals surface area (Å²) in [7, 11) is 1.31. The number of rotatable bonds is 8. The molecule has 0 radical (unpaired) electrons. The van der Waals surface area contributed by atoms with Gasteiger partial charge in [-0.3, -0.25) is 4.79 Å². The summed E-state index contributed by atoms with van der Waals surface area (Å²) in [4.78, 5) is 33.6. The SMILES string of the molecule is CCOC(=O)[C@@H]1[C@@H](C(C)(C)C)[C@H](OCc2cc(C(F)(F)F)cnc2OC)[C@H](c2cc(Cl)ccc2C)N1C(=O)[C@@H]1CCCCO1. The number of carbonyl (C=O) groups is 2. The van der Waals surface area contributed by atoms with Crippen molar-refractivity contribution in [3.05, 3.63) is 57.7 Å². The second kappa shape index (κ2) is 13.6. The molecular weight excluding hydrogens is 601 g/mol. The number of nitrogens with zero attached hydrogens (tertiary/aromatic N) is 2. The maximum absolute atomic E-state index is 14.4. The second-order valence-electron chi connectivity index (χ2n) is 12.3. The van der Waals surface area contributed by atoms with E-state index < -0.39 is 53.3 Å². The number of esters is 1. The molecule has 0 N–H and O–H groups in total. The van der Waals surface area contributed by atoms with E-state index in [1.165, 1.54) is 12.0 Å². The molecule has 0 saturated carbocycles. The van der Waals surface area contributed by atoms with Crippen LogP contribution in [0.2, 0.25) is 5.02 Å². The van der Waals surface area contributed by atoms with E-state index in [2.05, 4.69) is 4.98 Å². The quantitative estimate of drug-likeness (QED) is 0.297. The minimum Gasteiger partial charge on any atom is -0.481 e. The molecule has 4 rings (SSSR count). The minimum absolute atomic E-state index is 0.0238. The van der Waals surface area contributed by atoms with Crippen LogP contribution in [0.25, 0.3) is 0 Å². The van der Waals surface area contributed by atoms with Gasteiger partial charge in [0.1, 0.15) is 12.1 Å². The summed E-state index contributed by atoms with van der Waals surface area (Å²) >= 11 is 6.47. The van der Waals surface area contributed by atoms with Crippen LogP contribution in [0.15, 0.2) is 30.5 Å². The van der Waals surface area contributed by atoms with Crippen LogP contribution in [-0.4, -0.2) is 60.3 Å². The molecular formula is C32H40ClF3N2O6. The number of benzene rings is 1. The van der Waals surface area contributed by atoms with E-state index in [9.17, 15) is 22.8 Å². The van der Waals surface area contributed by atoms with Gasteiger partial charge in [0.2, 0.25) is 5.88 Å². The van der Waals surface area contributed by atoms with E-state index in [4.69, 9.17) is 30.5 Å². The molecule has 2 fully saturated rings. The van der Waals surface area contributed by atoms with Crippen molar-refractivity contribution in [1.29, 1.82) is 0 Å². The van der Waals surface area contributed by atoms with Crippen molar-refractivity contribution in [2.24, 2.45) is 11.3 Å². The van der Waals surface area contributed by atoms with E-state index in [-0.39, 0.29) is 30.6 Å². The molecule has 1 amide bonds. The number of amides is 1. The Hall–Kier alpha value is -2.89. The zero-order chi connectivity index (χ0) is 32.4. The standard InChI is InChI=1S/C32H40ClF3N2O6/c1-7-42-30(40)26-24(31(3,4)5)27(44-17-19-14-20(32(34,35)36)16-37-28(19)41-6)25(22-15-21(33)12-11-18(22)2)38(26)29(39)23-10-8-9-13-43-23/h11-12,14-16,23-27H,7-10,13,17H2,1-6H3/t23-,24+,25-,26-,27-/m0/s1. The molecule has 2 saturated heterocycles. The van der Waals surface area contributed by atoms with Crippen molar-refractivity contribution in [2.45, 2.75) is 91.0 Å². The Morgan fingerprint density at radius 1 is 1.16 bits per heavy atom. The van der Waals surface area contributed by atoms with Gasteiger partial charge in [-0.15, -0.1) is 0 Å². The molecule has 12 heteroatoms. The van der Waals surface area contributed by atoms with Gasteiger partial charge in [-0.05, 0) is 67.9 Å². The highest BCUT2D eigenvalue weighted by Gasteiger charge is 2.60. The van der Waals surface area contributed by atoms with E-state index in [0.717, 1.165) is 24.5 Å². The Labute approximate surface area is 261 Å². The number of alkyl halides is 3. The van der Waals surface area contributed by atoms with Gasteiger partial charge in [0, 0.05) is 29.3 Å². The minimum atomic E-state index is -4.63. The summed E-state index contributed by atoms with van der Waals surface area (Å²) in [6.07, 6.45) is -3.46. The number of pyridine rings is 1. The first-order chi connectivity index (χ1) is 20.7. The second-order valence-corrected chi connectivity index (χ2v) is 12.7. The van der Waals surface area contributed by atoms with Crippen LogP contribution >= 0.6 is 11.6 Å². The van der Waals surface area contributed by atoms with Gasteiger partial charge in [-0.1, -0.05) is 38.4 Å². The molecule has 3 heterocycles. The predicted molar refractivity (Wildman–Crippen MR) is 157 cm³/mol. The van der Waals surface area contributed by atoms with E-state index >= 15 is 0 Å². The van der Waals surface area contributed by atoms with Crippen molar-refractivity contribution < 1.29 is 41.7 Å². The highest BCUT2D eigenvalue weighted by molar-refractivity contribution is 6.30. The molecule has 1 aromatic heterocycles. The first-order valence-electron chi connectivity index (χ1n) is 14.8. The number of hydrogen-bond acceptors (Lipinski definition) is 7. The monoisotopic (exact) mass is 640 g/mol. The molecule has 2 aliphatic rings. The average molecular weight is 641 g/mol. The molecule has 44 heavy (non-hydrogen) atoms. The summed E-state index contributed by atoms with van der Waals surface area (Å²) in [6, 6.07) is 4.31. The summed E-state index contributed by atoms with van der Waals surface area (Å²) in [5.41, 5.74) is -0.0586. The molecule has 2 aliphatic heterocycles. The lowest BCUT2D eigenvalue weighted by Crippen LogP contribution is -2.51. The lowest BCUT2D eigenvalue weighted by atomic mass is 9.73. The molecule has 0 unspecified atom stereocenters. The predicted octanol–water partition coefficient (Wildman–Crippen LogP) is 6.70. The largest absolute Gasteiger partial charge is 0.481 e. The third-order valence-corrected chi connectivity index (χ3v) is 8.51. The number of methoxy groups -OCH3 is 1. The Balaban J connectivity index is 1.90. The summed E-state index contributed by atoms with van der Waals surface area (Å²) < 4.78 is 64.1. The van der Waals surface area contributed by atoms with E-state index in [1.54, 1.807) is 19.1 Å². The van der Waals surface area contributed by atoms with Gasteiger partial charge in [-0.25, -0.2) is 9.78 Å². The van der Waals surface area contributed by atoms with Crippen LogP contribution in [0.1, 0.15) is 75.3 Å². The van der Waals surface area contributed by atoms with Crippen molar-refractivity contribution in [2.75, 3.05) is 20.3 Å². The number of likely N-dealkylation sites (tertiary alicyclic amines) is 1. The normalized spacial score (nSPS) is 24.3. The van der Waals surface area contributed by atoms with Crippen molar-refractivity contribution in [1.82, 2.24) is 9.88 Å². The smallest absolute Gasteiger partial charge is 0.417 e. The van der Waals surface area contributed by atoms with Gasteiger partial charge in [0.25, 0.3) is 5.91 Å². The van der Waals surface area contributed by atoms with Gasteiger partial charge in [-0.2, -0.15) is 13.2 Å². The van der Waals surface area contributed by atoms with Gasteiger partial charge >= 0.3 is 12.1 Å². The lowest BCUT2D eigenvalue weighted by molar-refractivity contribution is -0.162. The average Bonchev–Trinajstić information content (AvgIpc) is 3.32. The summed E-state index contributed by atoms with van der Waals surface area (Å²) in [5, 5.41) is 0.418. The van der Waals surface area contributed by atoms with Gasteiger partial charge in [0.15, 0.2) is 0 Å². The maximum atomic E-state index is 14.4. The number of carbonyl (C=O) groups excluding carboxylic acids is 2. The molecule has 2 aromatic rings. The zero-order valence-corrected chi connectivity index (χ0v) is 26.6. The molecule has 0 bridgehead atoms. The van der Waals surface area contributed by atoms with E-state index in [0.29, 0.717) is 29.8 Å². The Morgan fingerprint density at radius 2 is 1.89 bits per heavy atom. The third-order valence-electron chi connectivity index (χ3n) is 8.28. The van der Waals surface area contributed by atoms with Crippen molar-refractivity contribution in [3.8, 4) is 5.88 Å². The fourth-order valence-corrected chi connectivity index (χ4v) is 6.47. The van der Waals surface area contributed by atoms with Crippen LogP contribution in [-0.2, 0) is 36.6 Å². The molecule has 0 aliphatic carbocycles. The Kier molecular flexibility index (Phi) is 10.5. The Bertz CT molecular complexity index is 1340. The van der Waals surface area contributed by atoms with Gasteiger partial charge < -0.3 is 23.8 Å². The Morgan fingerprint density at radius 3 is 2.48 bits per heavy atom. The van der Waals surface area contributed by atoms with Crippen LogP contribution < -0.4 is 4.74 Å². The van der Waals surface area contributed by atoms with Gasteiger partial charge in [0.05, 0.1) is 38.0 Å².